The van der Waals surface area contributed by atoms with Gasteiger partial charge in [0.1, 0.15) is 5.75 Å². The van der Waals surface area contributed by atoms with Crippen LogP contribution in [0.4, 0.5) is 5.69 Å². The zero-order valence-corrected chi connectivity index (χ0v) is 11.9. The molecule has 0 saturated carbocycles. The van der Waals surface area contributed by atoms with Crippen molar-refractivity contribution in [3.05, 3.63) is 58.6 Å². The molecule has 2 aromatic carbocycles. The molecule has 18 heavy (non-hydrogen) atoms. The number of hydrogen-bond acceptors (Lipinski definition) is 2. The Morgan fingerprint density at radius 1 is 1.11 bits per heavy atom. The predicted molar refractivity (Wildman–Crippen MR) is 79.3 cm³/mol. The molecule has 0 heterocycles. The summed E-state index contributed by atoms with van der Waals surface area (Å²) in [6, 6.07) is 16.4. The Labute approximate surface area is 116 Å². The highest BCUT2D eigenvalue weighted by Crippen LogP contribution is 2.16. The van der Waals surface area contributed by atoms with Gasteiger partial charge in [0.25, 0.3) is 0 Å². The Balaban J connectivity index is 1.88. The summed E-state index contributed by atoms with van der Waals surface area (Å²) in [5, 5.41) is 3.40. The first-order valence-electron chi connectivity index (χ1n) is 5.90. The van der Waals surface area contributed by atoms with Crippen LogP contribution in [0.2, 0.25) is 0 Å². The van der Waals surface area contributed by atoms with Crippen LogP contribution in [0.3, 0.4) is 0 Å². The molecule has 0 aliphatic heterocycles. The van der Waals surface area contributed by atoms with Gasteiger partial charge in [0.05, 0.1) is 7.11 Å². The molecule has 0 saturated heterocycles. The van der Waals surface area contributed by atoms with Crippen LogP contribution < -0.4 is 10.1 Å². The highest BCUT2D eigenvalue weighted by atomic mass is 79.9. The molecule has 0 unspecified atom stereocenters. The van der Waals surface area contributed by atoms with Crippen molar-refractivity contribution in [1.82, 2.24) is 0 Å². The lowest BCUT2D eigenvalue weighted by Gasteiger charge is -2.08. The quantitative estimate of drug-likeness (QED) is 0.897. The van der Waals surface area contributed by atoms with Gasteiger partial charge in [-0.05, 0) is 42.3 Å². The maximum atomic E-state index is 5.21. The molecule has 94 valence electrons. The van der Waals surface area contributed by atoms with Crippen molar-refractivity contribution in [3.8, 4) is 5.75 Å². The molecule has 2 rings (SSSR count). The van der Waals surface area contributed by atoms with Crippen LogP contribution in [0.25, 0.3) is 0 Å². The molecule has 2 aromatic rings. The molecule has 1 N–H and O–H groups in total. The molecular formula is C15H16BrNO. The van der Waals surface area contributed by atoms with Gasteiger partial charge in [-0.2, -0.15) is 0 Å². The van der Waals surface area contributed by atoms with E-state index >= 15 is 0 Å². The lowest BCUT2D eigenvalue weighted by atomic mass is 10.1. The third-order valence-electron chi connectivity index (χ3n) is 2.70. The van der Waals surface area contributed by atoms with E-state index in [1.807, 2.05) is 24.3 Å². The van der Waals surface area contributed by atoms with Crippen molar-refractivity contribution < 1.29 is 4.74 Å². The number of halogens is 1. The van der Waals surface area contributed by atoms with Gasteiger partial charge in [-0.1, -0.05) is 34.1 Å². The molecule has 0 amide bonds. The minimum atomic E-state index is 0.906. The van der Waals surface area contributed by atoms with Crippen molar-refractivity contribution >= 4 is 21.6 Å². The molecule has 0 atom stereocenters. The van der Waals surface area contributed by atoms with Crippen LogP contribution in [-0.2, 0) is 6.42 Å². The number of rotatable bonds is 5. The summed E-state index contributed by atoms with van der Waals surface area (Å²) in [6.45, 7) is 0.906. The fraction of sp³-hybridized carbons (Fsp3) is 0.200. The molecule has 0 fully saturated rings. The van der Waals surface area contributed by atoms with E-state index in [4.69, 9.17) is 4.74 Å². The predicted octanol–water partition coefficient (Wildman–Crippen LogP) is 4.11. The van der Waals surface area contributed by atoms with E-state index in [2.05, 4.69) is 45.5 Å². The van der Waals surface area contributed by atoms with E-state index in [0.29, 0.717) is 0 Å². The summed E-state index contributed by atoms with van der Waals surface area (Å²) in [5.74, 6) is 0.912. The van der Waals surface area contributed by atoms with Gasteiger partial charge >= 0.3 is 0 Å². The van der Waals surface area contributed by atoms with Crippen molar-refractivity contribution in [1.29, 1.82) is 0 Å². The number of hydrogen-bond donors (Lipinski definition) is 1. The normalized spacial score (nSPS) is 10.1. The van der Waals surface area contributed by atoms with Gasteiger partial charge in [-0.3, -0.25) is 0 Å². The van der Waals surface area contributed by atoms with Crippen LogP contribution in [0.1, 0.15) is 5.56 Å². The maximum absolute atomic E-state index is 5.21. The van der Waals surface area contributed by atoms with Gasteiger partial charge < -0.3 is 10.1 Å². The van der Waals surface area contributed by atoms with Crippen LogP contribution >= 0.6 is 15.9 Å². The second kappa shape index (κ2) is 6.45. The molecule has 0 bridgehead atoms. The molecular weight excluding hydrogens is 290 g/mol. The fourth-order valence-corrected chi connectivity index (χ4v) is 2.18. The Morgan fingerprint density at radius 2 is 1.94 bits per heavy atom. The maximum Gasteiger partial charge on any atom is 0.119 e. The van der Waals surface area contributed by atoms with Crippen LogP contribution in [0.15, 0.2) is 53.0 Å². The minimum Gasteiger partial charge on any atom is -0.497 e. The first kappa shape index (κ1) is 13.0. The standard InChI is InChI=1S/C15H16BrNO/c1-18-15-7-2-4-12(10-15)8-9-17-14-6-3-5-13(16)11-14/h2-7,10-11,17H,8-9H2,1H3. The summed E-state index contributed by atoms with van der Waals surface area (Å²) < 4.78 is 6.30. The van der Waals surface area contributed by atoms with E-state index in [9.17, 15) is 0 Å². The highest BCUT2D eigenvalue weighted by Gasteiger charge is 1.97. The third-order valence-corrected chi connectivity index (χ3v) is 3.19. The molecule has 0 aliphatic rings. The Bertz CT molecular complexity index is 513. The van der Waals surface area contributed by atoms with Crippen LogP contribution in [-0.4, -0.2) is 13.7 Å². The van der Waals surface area contributed by atoms with Crippen LogP contribution in [0.5, 0.6) is 5.75 Å². The van der Waals surface area contributed by atoms with Gasteiger partial charge in [0.2, 0.25) is 0 Å². The second-order valence-corrected chi connectivity index (χ2v) is 4.95. The average molecular weight is 306 g/mol. The summed E-state index contributed by atoms with van der Waals surface area (Å²) in [6.07, 6.45) is 0.976. The first-order valence-corrected chi connectivity index (χ1v) is 6.69. The van der Waals surface area contributed by atoms with Gasteiger partial charge in [-0.15, -0.1) is 0 Å². The molecule has 3 heteroatoms. The first-order chi connectivity index (χ1) is 8.78. The van der Waals surface area contributed by atoms with Crippen molar-refractivity contribution in [2.45, 2.75) is 6.42 Å². The summed E-state index contributed by atoms with van der Waals surface area (Å²) in [5.41, 5.74) is 2.41. The topological polar surface area (TPSA) is 21.3 Å². The zero-order chi connectivity index (χ0) is 12.8. The SMILES string of the molecule is COc1cccc(CCNc2cccc(Br)c2)c1. The highest BCUT2D eigenvalue weighted by molar-refractivity contribution is 9.10. The van der Waals surface area contributed by atoms with Crippen LogP contribution in [0, 0.1) is 0 Å². The number of anilines is 1. The van der Waals surface area contributed by atoms with Gasteiger partial charge in [0, 0.05) is 16.7 Å². The summed E-state index contributed by atoms with van der Waals surface area (Å²) in [4.78, 5) is 0. The van der Waals surface area contributed by atoms with Crippen molar-refractivity contribution in [3.63, 3.8) is 0 Å². The molecule has 2 nitrogen and oxygen atoms in total. The van der Waals surface area contributed by atoms with Gasteiger partial charge in [0.15, 0.2) is 0 Å². The van der Waals surface area contributed by atoms with Crippen molar-refractivity contribution in [2.24, 2.45) is 0 Å². The fourth-order valence-electron chi connectivity index (χ4n) is 1.78. The Kier molecular flexibility index (Phi) is 4.65. The molecule has 0 aromatic heterocycles. The second-order valence-electron chi connectivity index (χ2n) is 4.04. The number of ether oxygens (including phenoxy) is 1. The molecule has 0 spiro atoms. The van der Waals surface area contributed by atoms with E-state index < -0.39 is 0 Å². The summed E-state index contributed by atoms with van der Waals surface area (Å²) >= 11 is 3.46. The zero-order valence-electron chi connectivity index (χ0n) is 10.3. The van der Waals surface area contributed by atoms with E-state index in [1.165, 1.54) is 5.56 Å². The number of methoxy groups -OCH3 is 1. The average Bonchev–Trinajstić information content (AvgIpc) is 2.39. The van der Waals surface area contributed by atoms with E-state index in [-0.39, 0.29) is 0 Å². The lowest BCUT2D eigenvalue weighted by molar-refractivity contribution is 0.414. The minimum absolute atomic E-state index is 0.906. The lowest BCUT2D eigenvalue weighted by Crippen LogP contribution is -2.04. The third kappa shape index (κ3) is 3.77. The Hall–Kier alpha value is -1.48. The smallest absolute Gasteiger partial charge is 0.119 e. The summed E-state index contributed by atoms with van der Waals surface area (Å²) in [7, 11) is 1.69. The van der Waals surface area contributed by atoms with E-state index in [1.54, 1.807) is 7.11 Å². The molecule has 0 aliphatic carbocycles. The number of nitrogens with one attached hydrogen (secondary N) is 1. The largest absolute Gasteiger partial charge is 0.497 e. The van der Waals surface area contributed by atoms with E-state index in [0.717, 1.165) is 28.9 Å². The van der Waals surface area contributed by atoms with Gasteiger partial charge in [-0.25, -0.2) is 0 Å². The monoisotopic (exact) mass is 305 g/mol. The number of benzene rings is 2. The Morgan fingerprint density at radius 3 is 2.72 bits per heavy atom. The van der Waals surface area contributed by atoms with Crippen molar-refractivity contribution in [2.75, 3.05) is 19.0 Å². The molecule has 0 radical (unpaired) electrons.